The summed E-state index contributed by atoms with van der Waals surface area (Å²) in [5.41, 5.74) is 3.85. The van der Waals surface area contributed by atoms with Crippen LogP contribution in [0.1, 0.15) is 23.7 Å². The zero-order valence-corrected chi connectivity index (χ0v) is 15.0. The Morgan fingerprint density at radius 1 is 1.08 bits per heavy atom. The standard InChI is InChI=1S/C17H15FIN3O2/c1-11(10-16(23)20-15-8-4-13(18)5-9-15)21-22-17(24)12-2-6-14(19)7-3-12/h2-9H,10H2,1H3,(H,20,23)(H,22,24)/b21-11-. The minimum absolute atomic E-state index is 0.0182. The summed E-state index contributed by atoms with van der Waals surface area (Å²) in [5, 5.41) is 6.54. The van der Waals surface area contributed by atoms with E-state index in [4.69, 9.17) is 0 Å². The largest absolute Gasteiger partial charge is 0.326 e. The first-order chi connectivity index (χ1) is 11.4. The molecule has 0 aliphatic carbocycles. The Morgan fingerprint density at radius 3 is 2.33 bits per heavy atom. The minimum atomic E-state index is -0.371. The Morgan fingerprint density at radius 2 is 1.71 bits per heavy atom. The first-order valence-corrected chi connectivity index (χ1v) is 8.16. The van der Waals surface area contributed by atoms with Crippen LogP contribution in [0, 0.1) is 9.39 Å². The van der Waals surface area contributed by atoms with Crippen LogP contribution in [-0.4, -0.2) is 17.5 Å². The van der Waals surface area contributed by atoms with Crippen molar-refractivity contribution < 1.29 is 14.0 Å². The van der Waals surface area contributed by atoms with Crippen LogP contribution in [0.15, 0.2) is 53.6 Å². The number of nitrogens with one attached hydrogen (secondary N) is 2. The Kier molecular flexibility index (Phi) is 6.42. The minimum Gasteiger partial charge on any atom is -0.326 e. The summed E-state index contributed by atoms with van der Waals surface area (Å²) in [6.45, 7) is 1.64. The van der Waals surface area contributed by atoms with Crippen molar-refractivity contribution in [3.63, 3.8) is 0 Å². The second kappa shape index (κ2) is 8.53. The molecule has 2 aromatic carbocycles. The Labute approximate surface area is 152 Å². The van der Waals surface area contributed by atoms with Gasteiger partial charge in [0.1, 0.15) is 5.82 Å². The van der Waals surface area contributed by atoms with Crippen LogP contribution >= 0.6 is 22.6 Å². The van der Waals surface area contributed by atoms with Gasteiger partial charge >= 0.3 is 0 Å². The number of hydrogen-bond donors (Lipinski definition) is 2. The molecule has 0 heterocycles. The highest BCUT2D eigenvalue weighted by Gasteiger charge is 2.07. The molecule has 24 heavy (non-hydrogen) atoms. The summed E-state index contributed by atoms with van der Waals surface area (Å²) in [7, 11) is 0. The monoisotopic (exact) mass is 439 g/mol. The molecule has 0 atom stereocenters. The van der Waals surface area contributed by atoms with Crippen LogP contribution in [0.25, 0.3) is 0 Å². The van der Waals surface area contributed by atoms with Crippen LogP contribution in [-0.2, 0) is 4.79 Å². The lowest BCUT2D eigenvalue weighted by Gasteiger charge is -2.05. The topological polar surface area (TPSA) is 70.6 Å². The third-order valence-corrected chi connectivity index (χ3v) is 3.72. The van der Waals surface area contributed by atoms with Crippen LogP contribution < -0.4 is 10.7 Å². The van der Waals surface area contributed by atoms with Crippen LogP contribution in [0.2, 0.25) is 0 Å². The van der Waals surface area contributed by atoms with Crippen molar-refractivity contribution in [3.8, 4) is 0 Å². The predicted octanol–water partition coefficient (Wildman–Crippen LogP) is 3.56. The van der Waals surface area contributed by atoms with E-state index in [0.717, 1.165) is 3.57 Å². The van der Waals surface area contributed by atoms with Gasteiger partial charge in [0.2, 0.25) is 5.91 Å². The van der Waals surface area contributed by atoms with E-state index in [-0.39, 0.29) is 24.1 Å². The normalized spacial score (nSPS) is 11.0. The van der Waals surface area contributed by atoms with Gasteiger partial charge in [0.25, 0.3) is 5.91 Å². The molecule has 2 N–H and O–H groups in total. The molecule has 7 heteroatoms. The van der Waals surface area contributed by atoms with E-state index >= 15 is 0 Å². The first-order valence-electron chi connectivity index (χ1n) is 7.08. The van der Waals surface area contributed by atoms with Gasteiger partial charge in [-0.25, -0.2) is 9.82 Å². The highest BCUT2D eigenvalue weighted by atomic mass is 127. The summed E-state index contributed by atoms with van der Waals surface area (Å²) in [6.07, 6.45) is 0.0182. The Bertz CT molecular complexity index is 758. The molecule has 5 nitrogen and oxygen atoms in total. The molecule has 2 rings (SSSR count). The summed E-state index contributed by atoms with van der Waals surface area (Å²) in [6, 6.07) is 12.5. The second-order valence-electron chi connectivity index (χ2n) is 5.03. The van der Waals surface area contributed by atoms with Gasteiger partial charge in [-0.05, 0) is 78.0 Å². The maximum Gasteiger partial charge on any atom is 0.271 e. The van der Waals surface area contributed by atoms with Gasteiger partial charge in [-0.3, -0.25) is 9.59 Å². The van der Waals surface area contributed by atoms with Crippen molar-refractivity contribution in [3.05, 3.63) is 63.5 Å². The third kappa shape index (κ3) is 5.73. The number of carbonyl (C=O) groups excluding carboxylic acids is 2. The van der Waals surface area contributed by atoms with Gasteiger partial charge in [-0.2, -0.15) is 5.10 Å². The summed E-state index contributed by atoms with van der Waals surface area (Å²) in [4.78, 5) is 23.8. The molecule has 0 saturated carbocycles. The number of hydrazone groups is 1. The van der Waals surface area contributed by atoms with Gasteiger partial charge in [0.15, 0.2) is 0 Å². The van der Waals surface area contributed by atoms with E-state index in [1.54, 1.807) is 19.1 Å². The van der Waals surface area contributed by atoms with Crippen molar-refractivity contribution >= 4 is 45.8 Å². The van der Waals surface area contributed by atoms with E-state index in [1.165, 1.54) is 24.3 Å². The first kappa shape index (κ1) is 18.1. The molecule has 0 fully saturated rings. The number of benzene rings is 2. The average molecular weight is 439 g/mol. The summed E-state index contributed by atoms with van der Waals surface area (Å²) >= 11 is 2.15. The highest BCUT2D eigenvalue weighted by molar-refractivity contribution is 14.1. The molecule has 0 saturated heterocycles. The third-order valence-electron chi connectivity index (χ3n) is 3.00. The van der Waals surface area contributed by atoms with Gasteiger partial charge in [0, 0.05) is 20.5 Å². The molecule has 124 valence electrons. The number of carbonyl (C=O) groups is 2. The van der Waals surface area contributed by atoms with Gasteiger partial charge in [-0.1, -0.05) is 0 Å². The molecule has 0 aromatic heterocycles. The number of nitrogens with zero attached hydrogens (tertiary/aromatic N) is 1. The molecule has 0 radical (unpaired) electrons. The average Bonchev–Trinajstić information content (AvgIpc) is 2.55. The van der Waals surface area contributed by atoms with E-state index in [9.17, 15) is 14.0 Å². The lowest BCUT2D eigenvalue weighted by Crippen LogP contribution is -2.21. The molecular formula is C17H15FIN3O2. The maximum atomic E-state index is 12.8. The molecule has 2 aromatic rings. The zero-order valence-electron chi connectivity index (χ0n) is 12.8. The van der Waals surface area contributed by atoms with Crippen LogP contribution in [0.5, 0.6) is 0 Å². The van der Waals surface area contributed by atoms with Crippen molar-refractivity contribution in [2.45, 2.75) is 13.3 Å². The fraction of sp³-hybridized carbons (Fsp3) is 0.118. The number of amides is 2. The zero-order chi connectivity index (χ0) is 17.5. The van der Waals surface area contributed by atoms with Gasteiger partial charge < -0.3 is 5.32 Å². The Hall–Kier alpha value is -2.29. The Balaban J connectivity index is 1.86. The molecular weight excluding hydrogens is 424 g/mol. The summed E-state index contributed by atoms with van der Waals surface area (Å²) < 4.78 is 13.8. The van der Waals surface area contributed by atoms with Crippen molar-refractivity contribution in [2.24, 2.45) is 5.10 Å². The van der Waals surface area contributed by atoms with E-state index in [0.29, 0.717) is 17.0 Å². The van der Waals surface area contributed by atoms with Crippen LogP contribution in [0.4, 0.5) is 10.1 Å². The summed E-state index contributed by atoms with van der Waals surface area (Å²) in [5.74, 6) is -1.01. The van der Waals surface area contributed by atoms with Gasteiger partial charge in [-0.15, -0.1) is 0 Å². The molecule has 0 unspecified atom stereocenters. The lowest BCUT2D eigenvalue weighted by molar-refractivity contribution is -0.115. The maximum absolute atomic E-state index is 12.8. The molecule has 0 aliphatic heterocycles. The molecule has 0 aliphatic rings. The number of rotatable bonds is 5. The van der Waals surface area contributed by atoms with Gasteiger partial charge in [0.05, 0.1) is 6.42 Å². The van der Waals surface area contributed by atoms with Crippen LogP contribution in [0.3, 0.4) is 0 Å². The number of halogens is 2. The van der Waals surface area contributed by atoms with Crippen molar-refractivity contribution in [1.29, 1.82) is 0 Å². The smallest absolute Gasteiger partial charge is 0.271 e. The van der Waals surface area contributed by atoms with Crippen molar-refractivity contribution in [2.75, 3.05) is 5.32 Å². The van der Waals surface area contributed by atoms with E-state index < -0.39 is 0 Å². The highest BCUT2D eigenvalue weighted by Crippen LogP contribution is 2.09. The van der Waals surface area contributed by atoms with Crippen molar-refractivity contribution in [1.82, 2.24) is 5.43 Å². The fourth-order valence-electron chi connectivity index (χ4n) is 1.82. The SMILES string of the molecule is C/C(CC(=O)Nc1ccc(F)cc1)=N/NC(=O)c1ccc(I)cc1. The number of hydrogen-bond acceptors (Lipinski definition) is 3. The molecule has 2 amide bonds. The number of anilines is 1. The fourth-order valence-corrected chi connectivity index (χ4v) is 2.18. The van der Waals surface area contributed by atoms with E-state index in [2.05, 4.69) is 38.4 Å². The predicted molar refractivity (Wildman–Crippen MR) is 99.4 cm³/mol. The van der Waals surface area contributed by atoms with E-state index in [1.807, 2.05) is 12.1 Å². The lowest BCUT2D eigenvalue weighted by atomic mass is 10.2. The molecule has 0 spiro atoms. The second-order valence-corrected chi connectivity index (χ2v) is 6.27. The molecule has 0 bridgehead atoms. The quantitative estimate of drug-likeness (QED) is 0.425.